The Morgan fingerprint density at radius 1 is 1.50 bits per heavy atom. The summed E-state index contributed by atoms with van der Waals surface area (Å²) in [6, 6.07) is 0. The third-order valence-electron chi connectivity index (χ3n) is 1.01. The Hall–Kier alpha value is 0.620. The first kappa shape index (κ1) is 8.62. The van der Waals surface area contributed by atoms with Crippen LogP contribution in [0.3, 0.4) is 0 Å². The Morgan fingerprint density at radius 3 is 2.12 bits per heavy atom. The highest BCUT2D eigenvalue weighted by molar-refractivity contribution is 14.1. The van der Waals surface area contributed by atoms with Crippen LogP contribution in [-0.4, -0.2) is 36.3 Å². The van der Waals surface area contributed by atoms with Gasteiger partial charge in [0.2, 0.25) is 0 Å². The van der Waals surface area contributed by atoms with Crippen LogP contribution >= 0.6 is 22.6 Å². The molecule has 50 valence electrons. The third kappa shape index (κ3) is 3.60. The van der Waals surface area contributed by atoms with E-state index < -0.39 is 0 Å². The highest BCUT2D eigenvalue weighted by Crippen LogP contribution is 2.00. The number of halogens is 2. The smallest absolute Gasteiger partial charge is 0.138 e. The molecule has 0 aromatic heterocycles. The quantitative estimate of drug-likeness (QED) is 0.299. The Balaban J connectivity index is 3.37. The summed E-state index contributed by atoms with van der Waals surface area (Å²) in [4.78, 5) is 0. The number of nitrogens with zero attached hydrogens (tertiary/aromatic N) is 1. The van der Waals surface area contributed by atoms with Crippen molar-refractivity contribution in [1.29, 1.82) is 0 Å². The lowest BCUT2D eigenvalue weighted by molar-refractivity contribution is -0.873. The average Bonchev–Trinajstić information content (AvgIpc) is 1.67. The molecule has 0 aliphatic carbocycles. The molecule has 0 amide bonds. The minimum Gasteiger partial charge on any atom is -0.318 e. The molecule has 0 aliphatic rings. The topological polar surface area (TPSA) is 0 Å². The minimum atomic E-state index is -0.212. The molecule has 0 atom stereocenters. The molecule has 0 fully saturated rings. The molecule has 0 N–H and O–H groups in total. The van der Waals surface area contributed by atoms with Crippen molar-refractivity contribution >= 4 is 22.6 Å². The third-order valence-corrected chi connectivity index (χ3v) is 2.86. The van der Waals surface area contributed by atoms with Gasteiger partial charge in [-0.25, -0.2) is 4.39 Å². The van der Waals surface area contributed by atoms with E-state index in [0.29, 0.717) is 6.54 Å². The molecule has 0 heterocycles. The highest BCUT2D eigenvalue weighted by Gasteiger charge is 2.10. The van der Waals surface area contributed by atoms with Gasteiger partial charge >= 0.3 is 0 Å². The molecule has 0 radical (unpaired) electrons. The largest absolute Gasteiger partial charge is 0.318 e. The van der Waals surface area contributed by atoms with Gasteiger partial charge in [-0.3, -0.25) is 0 Å². The molecule has 0 unspecified atom stereocenters. The summed E-state index contributed by atoms with van der Waals surface area (Å²) in [5.41, 5.74) is 0. The molecule has 3 heteroatoms. The average molecular weight is 232 g/mol. The maximum Gasteiger partial charge on any atom is 0.138 e. The van der Waals surface area contributed by atoms with Crippen LogP contribution in [0.25, 0.3) is 0 Å². The molecule has 8 heavy (non-hydrogen) atoms. The molecular formula is C5H12FIN+. The monoisotopic (exact) mass is 232 g/mol. The summed E-state index contributed by atoms with van der Waals surface area (Å²) >= 11 is 2.26. The van der Waals surface area contributed by atoms with Gasteiger partial charge in [-0.2, -0.15) is 0 Å². The van der Waals surface area contributed by atoms with E-state index in [-0.39, 0.29) is 6.67 Å². The van der Waals surface area contributed by atoms with Crippen molar-refractivity contribution in [2.75, 3.05) is 31.9 Å². The molecule has 0 aliphatic heterocycles. The highest BCUT2D eigenvalue weighted by atomic mass is 127. The fraction of sp³-hybridized carbons (Fsp3) is 1.00. The van der Waals surface area contributed by atoms with Gasteiger partial charge in [-0.1, -0.05) is 0 Å². The van der Waals surface area contributed by atoms with Crippen molar-refractivity contribution in [1.82, 2.24) is 0 Å². The Kier molecular flexibility index (Phi) is 3.89. The number of rotatable bonds is 3. The predicted molar refractivity (Wildman–Crippen MR) is 41.8 cm³/mol. The van der Waals surface area contributed by atoms with Gasteiger partial charge in [-0.05, 0) is 22.6 Å². The number of hydrogen-bond donors (Lipinski definition) is 0. The maximum atomic E-state index is 11.7. The van der Waals surface area contributed by atoms with Crippen LogP contribution in [0.2, 0.25) is 0 Å². The van der Waals surface area contributed by atoms with Crippen LogP contribution in [0, 0.1) is 0 Å². The van der Waals surface area contributed by atoms with Gasteiger partial charge in [0, 0.05) is 0 Å². The van der Waals surface area contributed by atoms with Gasteiger partial charge in [-0.15, -0.1) is 0 Å². The van der Waals surface area contributed by atoms with Crippen molar-refractivity contribution in [2.24, 2.45) is 0 Å². The molecule has 0 bridgehead atoms. The number of hydrogen-bond acceptors (Lipinski definition) is 0. The molecule has 0 aromatic carbocycles. The maximum absolute atomic E-state index is 11.7. The van der Waals surface area contributed by atoms with E-state index in [4.69, 9.17) is 0 Å². The van der Waals surface area contributed by atoms with Crippen molar-refractivity contribution < 1.29 is 8.87 Å². The lowest BCUT2D eigenvalue weighted by atomic mass is 10.6. The molecule has 0 rings (SSSR count). The van der Waals surface area contributed by atoms with Gasteiger partial charge < -0.3 is 4.48 Å². The predicted octanol–water partition coefficient (Wildman–Crippen LogP) is 1.42. The normalized spacial score (nSPS) is 12.0. The first-order chi connectivity index (χ1) is 3.62. The zero-order valence-corrected chi connectivity index (χ0v) is 7.48. The Morgan fingerprint density at radius 2 is 2.00 bits per heavy atom. The van der Waals surface area contributed by atoms with Crippen LogP contribution in [-0.2, 0) is 0 Å². The fourth-order valence-corrected chi connectivity index (χ4v) is 0.630. The van der Waals surface area contributed by atoms with Crippen molar-refractivity contribution in [3.63, 3.8) is 0 Å². The SMILES string of the molecule is C[N+](C)(CI)CCF. The summed E-state index contributed by atoms with van der Waals surface area (Å²) in [6.07, 6.45) is 0. The standard InChI is InChI=1S/C5H12FIN/c1-8(2,5-7)4-3-6/h3-5H2,1-2H3/q+1. The van der Waals surface area contributed by atoms with Crippen LogP contribution in [0.15, 0.2) is 0 Å². The molecule has 0 saturated carbocycles. The Labute approximate surface area is 63.6 Å². The van der Waals surface area contributed by atoms with Gasteiger partial charge in [0.05, 0.1) is 14.1 Å². The van der Waals surface area contributed by atoms with Crippen LogP contribution < -0.4 is 0 Å². The molecular weight excluding hydrogens is 220 g/mol. The molecule has 0 saturated heterocycles. The first-order valence-electron chi connectivity index (χ1n) is 2.56. The van der Waals surface area contributed by atoms with Crippen molar-refractivity contribution in [3.05, 3.63) is 0 Å². The van der Waals surface area contributed by atoms with Gasteiger partial charge in [0.1, 0.15) is 17.8 Å². The van der Waals surface area contributed by atoms with Crippen molar-refractivity contribution in [2.45, 2.75) is 0 Å². The zero-order chi connectivity index (χ0) is 6.62. The summed E-state index contributed by atoms with van der Waals surface area (Å²) in [5, 5.41) is 0. The number of quaternary nitrogens is 1. The summed E-state index contributed by atoms with van der Waals surface area (Å²) in [5.74, 6) is 0. The summed E-state index contributed by atoms with van der Waals surface area (Å²) in [7, 11) is 4.04. The van der Waals surface area contributed by atoms with Crippen LogP contribution in [0.1, 0.15) is 0 Å². The van der Waals surface area contributed by atoms with Crippen LogP contribution in [0.5, 0.6) is 0 Å². The van der Waals surface area contributed by atoms with E-state index in [0.717, 1.165) is 9.03 Å². The van der Waals surface area contributed by atoms with Crippen molar-refractivity contribution in [3.8, 4) is 0 Å². The first-order valence-corrected chi connectivity index (χ1v) is 4.09. The van der Waals surface area contributed by atoms with E-state index in [9.17, 15) is 4.39 Å². The molecule has 0 aromatic rings. The second kappa shape index (κ2) is 3.61. The summed E-state index contributed by atoms with van der Waals surface area (Å²) < 4.78 is 13.4. The summed E-state index contributed by atoms with van der Waals surface area (Å²) in [6.45, 7) is 0.416. The fourth-order valence-electron chi connectivity index (χ4n) is 0.289. The molecule has 0 spiro atoms. The zero-order valence-electron chi connectivity index (χ0n) is 5.32. The second-order valence-corrected chi connectivity index (χ2v) is 3.15. The van der Waals surface area contributed by atoms with Gasteiger partial charge in [0.15, 0.2) is 0 Å². The lowest BCUT2D eigenvalue weighted by Crippen LogP contribution is -2.39. The Bertz CT molecular complexity index is 65.4. The van der Waals surface area contributed by atoms with Crippen LogP contribution in [0.4, 0.5) is 4.39 Å². The van der Waals surface area contributed by atoms with E-state index >= 15 is 0 Å². The van der Waals surface area contributed by atoms with E-state index in [1.807, 2.05) is 14.1 Å². The second-order valence-electron chi connectivity index (χ2n) is 2.47. The van der Waals surface area contributed by atoms with E-state index in [2.05, 4.69) is 22.6 Å². The number of alkyl halides is 2. The minimum absolute atomic E-state index is 0.212. The molecule has 1 nitrogen and oxygen atoms in total. The lowest BCUT2D eigenvalue weighted by Gasteiger charge is -2.25. The van der Waals surface area contributed by atoms with E-state index in [1.54, 1.807) is 0 Å². The van der Waals surface area contributed by atoms with Gasteiger partial charge in [0.25, 0.3) is 0 Å². The van der Waals surface area contributed by atoms with E-state index in [1.165, 1.54) is 0 Å².